The van der Waals surface area contributed by atoms with Crippen LogP contribution in [-0.4, -0.2) is 19.2 Å². The molecule has 0 aliphatic heterocycles. The first-order chi connectivity index (χ1) is 4.22. The molecule has 0 aromatic rings. The van der Waals surface area contributed by atoms with Crippen molar-refractivity contribution in [2.45, 2.75) is 6.92 Å². The van der Waals surface area contributed by atoms with Gasteiger partial charge in [0.2, 0.25) is 0 Å². The third-order valence-corrected chi connectivity index (χ3v) is 0.982. The van der Waals surface area contributed by atoms with Crippen molar-refractivity contribution in [3.8, 4) is 0 Å². The molecule has 0 aromatic carbocycles. The van der Waals surface area contributed by atoms with Gasteiger partial charge in [0.15, 0.2) is 0 Å². The van der Waals surface area contributed by atoms with Crippen LogP contribution in [0, 0.1) is 5.92 Å². The second-order valence-corrected chi connectivity index (χ2v) is 1.77. The number of hydrogen-bond acceptors (Lipinski definition) is 4. The average Bonchev–Trinajstić information content (AvgIpc) is 1.87. The van der Waals surface area contributed by atoms with E-state index in [0.29, 0.717) is 6.54 Å². The maximum atomic E-state index is 10.6. The molecule has 0 saturated heterocycles. The summed E-state index contributed by atoms with van der Waals surface area (Å²) in [6.45, 7) is 1.93. The van der Waals surface area contributed by atoms with Crippen LogP contribution in [0.5, 0.6) is 0 Å². The lowest BCUT2D eigenvalue weighted by Gasteiger charge is -2.05. The summed E-state index contributed by atoms with van der Waals surface area (Å²) in [4.78, 5) is 10.6. The topological polar surface area (TPSA) is 78.3 Å². The Morgan fingerprint density at radius 3 is 2.56 bits per heavy atom. The van der Waals surface area contributed by atoms with Gasteiger partial charge in [-0.3, -0.25) is 10.5 Å². The molecule has 54 valence electrons. The Morgan fingerprint density at radius 1 is 1.67 bits per heavy atom. The Balaban J connectivity index is 3.46. The van der Waals surface area contributed by atoms with Crippen LogP contribution < -0.4 is 11.5 Å². The first-order valence-electron chi connectivity index (χ1n) is 2.79. The van der Waals surface area contributed by atoms with Crippen molar-refractivity contribution in [3.63, 3.8) is 0 Å². The Morgan fingerprint density at radius 2 is 2.22 bits per heavy atom. The lowest BCUT2D eigenvalue weighted by Crippen LogP contribution is -2.24. The van der Waals surface area contributed by atoms with E-state index in [1.165, 1.54) is 0 Å². The van der Waals surface area contributed by atoms with E-state index in [2.05, 4.69) is 4.74 Å². The molecular weight excluding hydrogens is 120 g/mol. The average molecular weight is 132 g/mol. The summed E-state index contributed by atoms with van der Waals surface area (Å²) < 4.78 is 4.45. The van der Waals surface area contributed by atoms with Crippen LogP contribution in [0.3, 0.4) is 0 Å². The molecule has 1 atom stereocenters. The summed E-state index contributed by atoms with van der Waals surface area (Å²) in [5, 5.41) is 0. The van der Waals surface area contributed by atoms with Crippen LogP contribution in [-0.2, 0) is 9.53 Å². The summed E-state index contributed by atoms with van der Waals surface area (Å²) >= 11 is 0. The van der Waals surface area contributed by atoms with Gasteiger partial charge < -0.3 is 10.5 Å². The van der Waals surface area contributed by atoms with Gasteiger partial charge in [0.1, 0.15) is 6.73 Å². The molecule has 0 radical (unpaired) electrons. The minimum Gasteiger partial charge on any atom is -0.450 e. The molecule has 0 spiro atoms. The van der Waals surface area contributed by atoms with Gasteiger partial charge in [0, 0.05) is 6.54 Å². The molecule has 1 unspecified atom stereocenters. The highest BCUT2D eigenvalue weighted by molar-refractivity contribution is 5.72. The molecule has 0 heterocycles. The van der Waals surface area contributed by atoms with Crippen molar-refractivity contribution in [2.75, 3.05) is 13.3 Å². The molecule has 0 aromatic heterocycles. The third-order valence-electron chi connectivity index (χ3n) is 0.982. The molecule has 0 bridgehead atoms. The Kier molecular flexibility index (Phi) is 4.00. The number of esters is 1. The van der Waals surface area contributed by atoms with Gasteiger partial charge in [0.05, 0.1) is 5.92 Å². The Labute approximate surface area is 54.2 Å². The van der Waals surface area contributed by atoms with Crippen LogP contribution in [0.4, 0.5) is 0 Å². The first kappa shape index (κ1) is 8.39. The summed E-state index contributed by atoms with van der Waals surface area (Å²) in [6.07, 6.45) is 0. The molecule has 0 rings (SSSR count). The quantitative estimate of drug-likeness (QED) is 0.383. The Bertz CT molecular complexity index is 95.0. The zero-order chi connectivity index (χ0) is 7.28. The van der Waals surface area contributed by atoms with Crippen molar-refractivity contribution in [1.29, 1.82) is 0 Å². The van der Waals surface area contributed by atoms with E-state index in [-0.39, 0.29) is 18.6 Å². The summed E-state index contributed by atoms with van der Waals surface area (Å²) in [6, 6.07) is 0. The number of hydrogen-bond donors (Lipinski definition) is 2. The maximum absolute atomic E-state index is 10.6. The molecule has 4 N–H and O–H groups in total. The van der Waals surface area contributed by atoms with Gasteiger partial charge in [0.25, 0.3) is 0 Å². The zero-order valence-corrected chi connectivity index (χ0v) is 5.46. The second kappa shape index (κ2) is 4.29. The predicted octanol–water partition coefficient (Wildman–Crippen LogP) is -0.959. The summed E-state index contributed by atoms with van der Waals surface area (Å²) in [7, 11) is 0. The largest absolute Gasteiger partial charge is 0.450 e. The predicted molar refractivity (Wildman–Crippen MR) is 33.4 cm³/mol. The van der Waals surface area contributed by atoms with Crippen molar-refractivity contribution in [1.82, 2.24) is 0 Å². The first-order valence-corrected chi connectivity index (χ1v) is 2.79. The van der Waals surface area contributed by atoms with Gasteiger partial charge >= 0.3 is 5.97 Å². The fourth-order valence-corrected chi connectivity index (χ4v) is 0.321. The van der Waals surface area contributed by atoms with E-state index in [0.717, 1.165) is 0 Å². The lowest BCUT2D eigenvalue weighted by molar-refractivity contribution is -0.147. The number of ether oxygens (including phenoxy) is 1. The normalized spacial score (nSPS) is 12.8. The van der Waals surface area contributed by atoms with Crippen molar-refractivity contribution in [3.05, 3.63) is 0 Å². The number of rotatable bonds is 3. The minimum atomic E-state index is -0.333. The third kappa shape index (κ3) is 3.05. The van der Waals surface area contributed by atoms with Gasteiger partial charge in [-0.05, 0) is 0 Å². The monoisotopic (exact) mass is 132 g/mol. The highest BCUT2D eigenvalue weighted by atomic mass is 16.5. The highest BCUT2D eigenvalue weighted by Crippen LogP contribution is 1.92. The molecule has 0 amide bonds. The molecular formula is C5H12N2O2. The van der Waals surface area contributed by atoms with Crippen LogP contribution in [0.15, 0.2) is 0 Å². The zero-order valence-electron chi connectivity index (χ0n) is 5.46. The summed E-state index contributed by atoms with van der Waals surface area (Å²) in [5.41, 5.74) is 10.1. The number of carbonyl (C=O) groups excluding carboxylic acids is 1. The van der Waals surface area contributed by atoms with Crippen LogP contribution in [0.1, 0.15) is 6.92 Å². The molecule has 0 aliphatic carbocycles. The van der Waals surface area contributed by atoms with Crippen LogP contribution in [0.2, 0.25) is 0 Å². The fourth-order valence-electron chi connectivity index (χ4n) is 0.321. The van der Waals surface area contributed by atoms with E-state index in [4.69, 9.17) is 11.5 Å². The highest BCUT2D eigenvalue weighted by Gasteiger charge is 2.10. The molecule has 0 aliphatic rings. The molecule has 0 fully saturated rings. The van der Waals surface area contributed by atoms with Crippen molar-refractivity contribution in [2.24, 2.45) is 17.4 Å². The molecule has 4 heteroatoms. The van der Waals surface area contributed by atoms with Crippen LogP contribution >= 0.6 is 0 Å². The second-order valence-electron chi connectivity index (χ2n) is 1.77. The van der Waals surface area contributed by atoms with Crippen molar-refractivity contribution >= 4 is 5.97 Å². The summed E-state index contributed by atoms with van der Waals surface area (Å²) in [5.74, 6) is -0.575. The molecule has 9 heavy (non-hydrogen) atoms. The van der Waals surface area contributed by atoms with E-state index < -0.39 is 0 Å². The number of nitrogens with two attached hydrogens (primary N) is 2. The van der Waals surface area contributed by atoms with E-state index in [9.17, 15) is 4.79 Å². The van der Waals surface area contributed by atoms with Gasteiger partial charge in [-0.25, -0.2) is 0 Å². The van der Waals surface area contributed by atoms with Gasteiger partial charge in [-0.2, -0.15) is 0 Å². The fraction of sp³-hybridized carbons (Fsp3) is 0.800. The standard InChI is InChI=1S/C5H12N2O2/c1-4(2-6)5(8)9-3-7/h4H,2-3,6-7H2,1H3. The van der Waals surface area contributed by atoms with E-state index in [1.807, 2.05) is 0 Å². The molecule has 4 nitrogen and oxygen atoms in total. The lowest BCUT2D eigenvalue weighted by atomic mass is 10.2. The SMILES string of the molecule is CC(CN)C(=O)OCN. The van der Waals surface area contributed by atoms with Gasteiger partial charge in [-0.15, -0.1) is 0 Å². The van der Waals surface area contributed by atoms with Crippen LogP contribution in [0.25, 0.3) is 0 Å². The maximum Gasteiger partial charge on any atom is 0.311 e. The smallest absolute Gasteiger partial charge is 0.311 e. The van der Waals surface area contributed by atoms with E-state index >= 15 is 0 Å². The van der Waals surface area contributed by atoms with Gasteiger partial charge in [-0.1, -0.05) is 6.92 Å². The minimum absolute atomic E-state index is 0.0663. The Hall–Kier alpha value is -0.610. The van der Waals surface area contributed by atoms with Crippen molar-refractivity contribution < 1.29 is 9.53 Å². The van der Waals surface area contributed by atoms with E-state index in [1.54, 1.807) is 6.92 Å². The molecule has 0 saturated carbocycles. The number of carbonyl (C=O) groups is 1.